The summed E-state index contributed by atoms with van der Waals surface area (Å²) < 4.78 is 10.6. The van der Waals surface area contributed by atoms with E-state index >= 15 is 0 Å². The molecule has 0 saturated heterocycles. The molecule has 2 aliphatic rings. The summed E-state index contributed by atoms with van der Waals surface area (Å²) in [5.41, 5.74) is 11.6. The van der Waals surface area contributed by atoms with Crippen molar-refractivity contribution in [1.82, 2.24) is 0 Å². The van der Waals surface area contributed by atoms with Crippen LogP contribution in [-0.2, 0) is 9.47 Å². The number of hydrogen-bond donors (Lipinski definition) is 3. The lowest BCUT2D eigenvalue weighted by molar-refractivity contribution is -0.742. The second-order valence-electron chi connectivity index (χ2n) is 3.61. The molecule has 0 bridgehead atoms. The molecular formula is C11H14N4O5. The van der Waals surface area contributed by atoms with Gasteiger partial charge in [-0.3, -0.25) is 0 Å². The van der Waals surface area contributed by atoms with Crippen LogP contribution in [0.5, 0.6) is 0 Å². The van der Waals surface area contributed by atoms with Gasteiger partial charge in [-0.15, -0.1) is 10.1 Å². The molecule has 0 saturated carbocycles. The lowest BCUT2D eigenvalue weighted by Crippen LogP contribution is -2.23. The fraction of sp³-hybridized carbons (Fsp3) is 0.182. The maximum absolute atomic E-state index is 8.36. The van der Waals surface area contributed by atoms with Gasteiger partial charge in [0.1, 0.15) is 6.26 Å². The number of rotatable bonds is 2. The minimum atomic E-state index is -1.50. The van der Waals surface area contributed by atoms with Crippen LogP contribution in [0, 0.1) is 10.1 Å². The lowest BCUT2D eigenvalue weighted by Gasteiger charge is -2.17. The quantitative estimate of drug-likeness (QED) is 0.295. The number of ether oxygens (including phenoxy) is 2. The zero-order chi connectivity index (χ0) is 15.0. The Hall–Kier alpha value is -2.97. The molecule has 1 aliphatic carbocycles. The van der Waals surface area contributed by atoms with E-state index in [4.69, 9.17) is 36.3 Å². The van der Waals surface area contributed by atoms with Crippen LogP contribution < -0.4 is 11.5 Å². The summed E-state index contributed by atoms with van der Waals surface area (Å²) in [6.45, 7) is 0. The molecule has 0 unspecified atom stereocenters. The van der Waals surface area contributed by atoms with E-state index in [1.165, 1.54) is 12.5 Å². The van der Waals surface area contributed by atoms with Crippen molar-refractivity contribution in [3.8, 4) is 0 Å². The Morgan fingerprint density at radius 2 is 2.15 bits per heavy atom. The summed E-state index contributed by atoms with van der Waals surface area (Å²) in [4.78, 5) is 12.1. The molecule has 0 fully saturated rings. The Labute approximate surface area is 114 Å². The molecular weight excluding hydrogens is 268 g/mol. The molecule has 0 aromatic rings. The maximum atomic E-state index is 8.36. The first-order chi connectivity index (χ1) is 9.49. The van der Waals surface area contributed by atoms with Crippen LogP contribution in [0.3, 0.4) is 0 Å². The number of guanidine groups is 1. The highest BCUT2D eigenvalue weighted by Gasteiger charge is 2.14. The lowest BCUT2D eigenvalue weighted by atomic mass is 10.0. The molecule has 5 N–H and O–H groups in total. The smallest absolute Gasteiger partial charge is 0.291 e. The van der Waals surface area contributed by atoms with E-state index in [0.29, 0.717) is 5.76 Å². The van der Waals surface area contributed by atoms with Crippen molar-refractivity contribution < 1.29 is 19.8 Å². The molecule has 2 rings (SSSR count). The van der Waals surface area contributed by atoms with Gasteiger partial charge in [0.05, 0.1) is 0 Å². The molecule has 0 spiro atoms. The Morgan fingerprint density at radius 3 is 2.70 bits per heavy atom. The monoisotopic (exact) mass is 282 g/mol. The van der Waals surface area contributed by atoms with Gasteiger partial charge in [0, 0.05) is 0 Å². The number of aliphatic imine (C=N–C) groups is 1. The summed E-state index contributed by atoms with van der Waals surface area (Å²) >= 11 is 0. The van der Waals surface area contributed by atoms with Crippen LogP contribution in [0.25, 0.3) is 0 Å². The fourth-order valence-corrected chi connectivity index (χ4v) is 1.44. The van der Waals surface area contributed by atoms with Gasteiger partial charge in [0.25, 0.3) is 11.0 Å². The largest absolute Gasteiger partial charge is 0.463 e. The average molecular weight is 282 g/mol. The van der Waals surface area contributed by atoms with E-state index in [2.05, 4.69) is 11.1 Å². The van der Waals surface area contributed by atoms with Crippen molar-refractivity contribution in [1.29, 1.82) is 0 Å². The van der Waals surface area contributed by atoms with Crippen LogP contribution in [0.2, 0.25) is 0 Å². The third-order valence-corrected chi connectivity index (χ3v) is 2.13. The van der Waals surface area contributed by atoms with Crippen LogP contribution >= 0.6 is 0 Å². The van der Waals surface area contributed by atoms with E-state index < -0.39 is 5.09 Å². The predicted octanol–water partition coefficient (Wildman–Crippen LogP) is 0.876. The van der Waals surface area contributed by atoms with Crippen molar-refractivity contribution in [3.05, 3.63) is 58.1 Å². The second-order valence-corrected chi connectivity index (χ2v) is 3.61. The van der Waals surface area contributed by atoms with Gasteiger partial charge in [-0.1, -0.05) is 18.2 Å². The van der Waals surface area contributed by atoms with Gasteiger partial charge < -0.3 is 26.1 Å². The van der Waals surface area contributed by atoms with Crippen molar-refractivity contribution in [2.45, 2.75) is 12.8 Å². The molecule has 1 aliphatic heterocycles. The minimum Gasteiger partial charge on any atom is -0.463 e. The molecule has 0 amide bonds. The molecule has 0 atom stereocenters. The summed E-state index contributed by atoms with van der Waals surface area (Å²) in [5.74, 6) is 0.841. The first-order valence-corrected chi connectivity index (χ1v) is 5.51. The van der Waals surface area contributed by atoms with Crippen LogP contribution in [-0.4, -0.2) is 16.3 Å². The zero-order valence-electron chi connectivity index (χ0n) is 10.4. The highest BCUT2D eigenvalue weighted by atomic mass is 16.9. The highest BCUT2D eigenvalue weighted by molar-refractivity contribution is 5.76. The zero-order valence-corrected chi connectivity index (χ0v) is 10.4. The van der Waals surface area contributed by atoms with E-state index in [1.54, 1.807) is 0 Å². The number of nitrogens with zero attached hydrogens (tertiary/aromatic N) is 2. The topological polar surface area (TPSA) is 146 Å². The number of allylic oxidation sites excluding steroid dienone is 4. The number of nitrogens with two attached hydrogens (primary N) is 2. The average Bonchev–Trinajstić information content (AvgIpc) is 2.39. The Kier molecular flexibility index (Phi) is 5.63. The predicted molar refractivity (Wildman–Crippen MR) is 69.4 cm³/mol. The standard InChI is InChI=1S/C11H13N3O2.HNO3/c12-11(13)14-10-7-15-6-9(16-10)8-4-2-1-3-5-8;2-1(3)4/h1-2,4,6-7H,3,5H2,(H4,12,13,14);(H,2,3,4). The summed E-state index contributed by atoms with van der Waals surface area (Å²) in [6, 6.07) is 0. The van der Waals surface area contributed by atoms with Crippen molar-refractivity contribution in [3.63, 3.8) is 0 Å². The third-order valence-electron chi connectivity index (χ3n) is 2.13. The summed E-state index contributed by atoms with van der Waals surface area (Å²) in [6.07, 6.45) is 10.9. The molecule has 20 heavy (non-hydrogen) atoms. The van der Waals surface area contributed by atoms with Gasteiger partial charge in [0.2, 0.25) is 0 Å². The summed E-state index contributed by atoms with van der Waals surface area (Å²) in [7, 11) is 0. The molecule has 0 aromatic heterocycles. The summed E-state index contributed by atoms with van der Waals surface area (Å²) in [5, 5.41) is 13.6. The second kappa shape index (κ2) is 7.46. The van der Waals surface area contributed by atoms with Crippen LogP contribution in [0.4, 0.5) is 0 Å². The van der Waals surface area contributed by atoms with E-state index in [-0.39, 0.29) is 11.8 Å². The first-order valence-electron chi connectivity index (χ1n) is 5.51. The SMILES string of the molecule is NC(N)=NC1=COC=C(C2=CC=CCC2)O1.O=[N+]([O-])O. The van der Waals surface area contributed by atoms with E-state index in [1.807, 2.05) is 12.2 Å². The fourth-order valence-electron chi connectivity index (χ4n) is 1.44. The molecule has 0 radical (unpaired) electrons. The van der Waals surface area contributed by atoms with Gasteiger partial charge in [-0.2, -0.15) is 4.99 Å². The van der Waals surface area contributed by atoms with Gasteiger partial charge >= 0.3 is 0 Å². The maximum Gasteiger partial charge on any atom is 0.291 e. The van der Waals surface area contributed by atoms with Crippen molar-refractivity contribution in [2.75, 3.05) is 0 Å². The van der Waals surface area contributed by atoms with E-state index in [9.17, 15) is 0 Å². The van der Waals surface area contributed by atoms with Crippen LogP contribution in [0.1, 0.15) is 12.8 Å². The first kappa shape index (κ1) is 15.1. The van der Waals surface area contributed by atoms with Crippen molar-refractivity contribution in [2.24, 2.45) is 16.5 Å². The van der Waals surface area contributed by atoms with Gasteiger partial charge in [0.15, 0.2) is 18.0 Å². The highest BCUT2D eigenvalue weighted by Crippen LogP contribution is 2.26. The molecule has 0 aromatic carbocycles. The number of hydrogen-bond acceptors (Lipinski definition) is 5. The molecule has 9 nitrogen and oxygen atoms in total. The van der Waals surface area contributed by atoms with Crippen molar-refractivity contribution >= 4 is 5.96 Å². The van der Waals surface area contributed by atoms with Crippen LogP contribution in [0.15, 0.2) is 53.0 Å². The molecule has 108 valence electrons. The normalized spacial score (nSPS) is 16.1. The van der Waals surface area contributed by atoms with E-state index in [0.717, 1.165) is 18.4 Å². The molecule has 1 heterocycles. The Morgan fingerprint density at radius 1 is 1.45 bits per heavy atom. The Balaban J connectivity index is 0.000000444. The molecule has 9 heteroatoms. The third kappa shape index (κ3) is 5.58. The van der Waals surface area contributed by atoms with Gasteiger partial charge in [-0.05, 0) is 18.4 Å². The minimum absolute atomic E-state index is 0.0615. The van der Waals surface area contributed by atoms with Gasteiger partial charge in [-0.25, -0.2) is 0 Å². The Bertz CT molecular complexity index is 511.